The van der Waals surface area contributed by atoms with Crippen molar-refractivity contribution in [1.82, 2.24) is 0 Å². The van der Waals surface area contributed by atoms with E-state index in [-0.39, 0.29) is 25.2 Å². The third kappa shape index (κ3) is 14.0. The normalized spacial score (nSPS) is 14.9. The highest BCUT2D eigenvalue weighted by Crippen LogP contribution is 2.24. The van der Waals surface area contributed by atoms with Crippen LogP contribution in [0.15, 0.2) is 0 Å². The molecule has 0 aliphatic carbocycles. The Labute approximate surface area is 127 Å². The van der Waals surface area contributed by atoms with Gasteiger partial charge in [0.05, 0.1) is 25.9 Å². The van der Waals surface area contributed by atoms with Crippen LogP contribution in [-0.2, 0) is 9.53 Å². The summed E-state index contributed by atoms with van der Waals surface area (Å²) in [5, 5.41) is 34.1. The number of hydrogen-bond acceptors (Lipinski definition) is 5. The van der Waals surface area contributed by atoms with Crippen LogP contribution >= 0.6 is 0 Å². The van der Waals surface area contributed by atoms with Crippen molar-refractivity contribution in [2.24, 2.45) is 10.8 Å². The third-order valence-electron chi connectivity index (χ3n) is 2.41. The zero-order valence-electron chi connectivity index (χ0n) is 14.1. The fourth-order valence-corrected chi connectivity index (χ4v) is 1.66. The molecule has 0 rings (SSSR count). The molecule has 6 nitrogen and oxygen atoms in total. The van der Waals surface area contributed by atoms with Crippen molar-refractivity contribution in [3.63, 3.8) is 0 Å². The molecule has 0 fully saturated rings. The topological polar surface area (TPSA) is 107 Å². The van der Waals surface area contributed by atoms with Crippen LogP contribution in [-0.4, -0.2) is 58.4 Å². The van der Waals surface area contributed by atoms with Gasteiger partial charge in [-0.2, -0.15) is 0 Å². The minimum Gasteiger partial charge on any atom is -0.479 e. The summed E-state index contributed by atoms with van der Waals surface area (Å²) in [6, 6.07) is 0. The molecule has 0 aliphatic rings. The molecule has 0 aromatic rings. The molecule has 6 heteroatoms. The van der Waals surface area contributed by atoms with Gasteiger partial charge in [0.25, 0.3) is 0 Å². The molecule has 0 aromatic carbocycles. The predicted octanol–water partition coefficient (Wildman–Crippen LogP) is 1.27. The van der Waals surface area contributed by atoms with Gasteiger partial charge in [0, 0.05) is 0 Å². The smallest absolute Gasteiger partial charge is 0.333 e. The second-order valence-corrected chi connectivity index (χ2v) is 7.28. The first kappa shape index (κ1) is 22.6. The minimum absolute atomic E-state index is 0.00320. The molecule has 0 saturated heterocycles. The summed E-state index contributed by atoms with van der Waals surface area (Å²) in [4.78, 5) is 11.0. The van der Waals surface area contributed by atoms with Crippen LogP contribution in [0.5, 0.6) is 0 Å². The fraction of sp³-hybridized carbons (Fsp3) is 0.933. The van der Waals surface area contributed by atoms with Crippen molar-refractivity contribution < 1.29 is 30.0 Å². The van der Waals surface area contributed by atoms with E-state index in [9.17, 15) is 9.90 Å². The Morgan fingerprint density at radius 3 is 1.71 bits per heavy atom. The van der Waals surface area contributed by atoms with Gasteiger partial charge < -0.3 is 25.2 Å². The lowest BCUT2D eigenvalue weighted by atomic mass is 9.88. The number of carboxylic acids is 1. The third-order valence-corrected chi connectivity index (χ3v) is 2.41. The maximum atomic E-state index is 11.0. The molecule has 0 radical (unpaired) electrons. The van der Waals surface area contributed by atoms with Crippen LogP contribution < -0.4 is 0 Å². The highest BCUT2D eigenvalue weighted by Gasteiger charge is 2.32. The molecule has 4 N–H and O–H groups in total. The molecule has 21 heavy (non-hydrogen) atoms. The number of aliphatic carboxylic acids is 1. The second-order valence-electron chi connectivity index (χ2n) is 7.28. The maximum Gasteiger partial charge on any atom is 0.333 e. The summed E-state index contributed by atoms with van der Waals surface area (Å²) in [6.07, 6.45) is -0.931. The van der Waals surface area contributed by atoms with Crippen molar-refractivity contribution in [2.75, 3.05) is 19.8 Å². The lowest BCUT2D eigenvalue weighted by Gasteiger charge is -2.29. The molecule has 0 heterocycles. The Morgan fingerprint density at radius 1 is 1.05 bits per heavy atom. The number of carboxylic acid groups (broad SMARTS) is 1. The Balaban J connectivity index is 0. The molecule has 0 aromatic heterocycles. The quantitative estimate of drug-likeness (QED) is 0.588. The second kappa shape index (κ2) is 10.1. The van der Waals surface area contributed by atoms with Gasteiger partial charge in [-0.25, -0.2) is 4.79 Å². The van der Waals surface area contributed by atoms with Crippen molar-refractivity contribution in [1.29, 1.82) is 0 Å². The van der Waals surface area contributed by atoms with Crippen LogP contribution in [0.2, 0.25) is 0 Å². The van der Waals surface area contributed by atoms with Gasteiger partial charge in [-0.05, 0) is 17.3 Å². The lowest BCUT2D eigenvalue weighted by molar-refractivity contribution is -0.161. The summed E-state index contributed by atoms with van der Waals surface area (Å²) in [5.74, 6) is -0.986. The highest BCUT2D eigenvalue weighted by molar-refractivity contribution is 5.73. The predicted molar refractivity (Wildman–Crippen MR) is 81.1 cm³/mol. The maximum absolute atomic E-state index is 11.0. The molecular formula is C15H32O6. The SMILES string of the molecule is CC(C)(C)CC(O)COC(C(=O)O)C(C)(C)C.OCCO. The molecule has 0 spiro atoms. The largest absolute Gasteiger partial charge is 0.479 e. The van der Waals surface area contributed by atoms with E-state index >= 15 is 0 Å². The van der Waals surface area contributed by atoms with Gasteiger partial charge >= 0.3 is 5.97 Å². The zero-order valence-corrected chi connectivity index (χ0v) is 14.1. The minimum atomic E-state index is -0.986. The van der Waals surface area contributed by atoms with E-state index in [0.29, 0.717) is 6.42 Å². The first-order valence-electron chi connectivity index (χ1n) is 7.09. The number of carbonyl (C=O) groups is 1. The van der Waals surface area contributed by atoms with Crippen LogP contribution in [0.3, 0.4) is 0 Å². The van der Waals surface area contributed by atoms with E-state index in [0.717, 1.165) is 0 Å². The van der Waals surface area contributed by atoms with Gasteiger partial charge in [-0.3, -0.25) is 0 Å². The molecule has 0 aliphatic heterocycles. The number of ether oxygens (including phenoxy) is 1. The summed E-state index contributed by atoms with van der Waals surface area (Å²) in [5.41, 5.74) is -0.476. The zero-order chi connectivity index (χ0) is 17.3. The molecule has 2 unspecified atom stereocenters. The van der Waals surface area contributed by atoms with E-state index in [1.807, 2.05) is 41.5 Å². The van der Waals surface area contributed by atoms with E-state index < -0.39 is 23.6 Å². The fourth-order valence-electron chi connectivity index (χ4n) is 1.66. The number of aliphatic hydroxyl groups is 3. The number of hydrogen-bond donors (Lipinski definition) is 4. The van der Waals surface area contributed by atoms with Crippen LogP contribution in [0.25, 0.3) is 0 Å². The van der Waals surface area contributed by atoms with E-state index in [4.69, 9.17) is 20.1 Å². The first-order valence-corrected chi connectivity index (χ1v) is 7.09. The first-order chi connectivity index (χ1) is 9.35. The molecular weight excluding hydrogens is 276 g/mol. The summed E-state index contributed by atoms with van der Waals surface area (Å²) < 4.78 is 5.33. The molecule has 0 bridgehead atoms. The molecule has 0 amide bonds. The van der Waals surface area contributed by atoms with Gasteiger partial charge in [0.15, 0.2) is 6.10 Å². The molecule has 128 valence electrons. The van der Waals surface area contributed by atoms with E-state index in [1.165, 1.54) is 0 Å². The van der Waals surface area contributed by atoms with Gasteiger partial charge in [0.2, 0.25) is 0 Å². The molecule has 2 atom stereocenters. The molecule has 0 saturated carbocycles. The van der Waals surface area contributed by atoms with E-state index in [1.54, 1.807) is 0 Å². The van der Waals surface area contributed by atoms with Crippen molar-refractivity contribution >= 4 is 5.97 Å². The average molecular weight is 308 g/mol. The van der Waals surface area contributed by atoms with Crippen molar-refractivity contribution in [3.8, 4) is 0 Å². The van der Waals surface area contributed by atoms with Crippen LogP contribution in [0, 0.1) is 10.8 Å². The summed E-state index contributed by atoms with van der Waals surface area (Å²) in [6.45, 7) is 11.3. The lowest BCUT2D eigenvalue weighted by Crippen LogP contribution is -2.39. The van der Waals surface area contributed by atoms with E-state index in [2.05, 4.69) is 0 Å². The van der Waals surface area contributed by atoms with Crippen molar-refractivity contribution in [3.05, 3.63) is 0 Å². The van der Waals surface area contributed by atoms with Gasteiger partial charge in [0.1, 0.15) is 0 Å². The summed E-state index contributed by atoms with van der Waals surface area (Å²) in [7, 11) is 0. The van der Waals surface area contributed by atoms with Crippen molar-refractivity contribution in [2.45, 2.75) is 60.2 Å². The Bertz CT molecular complexity index is 275. The average Bonchev–Trinajstić information content (AvgIpc) is 2.24. The highest BCUT2D eigenvalue weighted by atomic mass is 16.5. The Kier molecular flexibility index (Phi) is 10.9. The van der Waals surface area contributed by atoms with Gasteiger partial charge in [-0.15, -0.1) is 0 Å². The van der Waals surface area contributed by atoms with Gasteiger partial charge in [-0.1, -0.05) is 41.5 Å². The Morgan fingerprint density at radius 2 is 1.48 bits per heavy atom. The van der Waals surface area contributed by atoms with Crippen LogP contribution in [0.4, 0.5) is 0 Å². The van der Waals surface area contributed by atoms with Crippen LogP contribution in [0.1, 0.15) is 48.0 Å². The Hall–Kier alpha value is -0.690. The number of aliphatic hydroxyl groups excluding tert-OH is 3. The summed E-state index contributed by atoms with van der Waals surface area (Å²) >= 11 is 0. The number of rotatable bonds is 6. The monoisotopic (exact) mass is 308 g/mol. The standard InChI is InChI=1S/C13H26O4.C2H6O2/c1-12(2,3)7-9(14)8-17-10(11(15)16)13(4,5)6;3-1-2-4/h9-10,14H,7-8H2,1-6H3,(H,15,16);3-4H,1-2H2.